The molecule has 0 saturated heterocycles. The van der Waals surface area contributed by atoms with Crippen molar-refractivity contribution in [3.05, 3.63) is 131 Å². The summed E-state index contributed by atoms with van der Waals surface area (Å²) in [6.07, 6.45) is 6.74. The van der Waals surface area contributed by atoms with E-state index in [1.807, 2.05) is 0 Å². The predicted octanol–water partition coefficient (Wildman–Crippen LogP) is 5.00. The number of hydrogen-bond donors (Lipinski definition) is 5. The summed E-state index contributed by atoms with van der Waals surface area (Å²) >= 11 is 0. The molecule has 1 aliphatic carbocycles. The van der Waals surface area contributed by atoms with Gasteiger partial charge in [0.25, 0.3) is 30.4 Å². The van der Waals surface area contributed by atoms with Crippen LogP contribution in [0.2, 0.25) is 0 Å². The molecule has 5 rings (SSSR count). The molecule has 4 aromatic carbocycles. The molecule has 0 bridgehead atoms. The second kappa shape index (κ2) is 16.0. The normalized spacial score (nSPS) is 12.9. The summed E-state index contributed by atoms with van der Waals surface area (Å²) in [6, 6.07) is 20.5. The van der Waals surface area contributed by atoms with E-state index in [-0.39, 0.29) is 80.2 Å². The molecule has 49 heavy (non-hydrogen) atoms. The first kappa shape index (κ1) is 40.5. The number of aliphatic imine (C=N–C) groups is 1. The van der Waals surface area contributed by atoms with Gasteiger partial charge in [0.2, 0.25) is 0 Å². The molecule has 0 aromatic heterocycles. The van der Waals surface area contributed by atoms with E-state index in [0.29, 0.717) is 45.0 Å². The summed E-state index contributed by atoms with van der Waals surface area (Å²) in [5.74, 6) is 0. The van der Waals surface area contributed by atoms with E-state index in [1.54, 1.807) is 67.6 Å². The predicted molar refractivity (Wildman–Crippen MR) is 191 cm³/mol. The van der Waals surface area contributed by atoms with Gasteiger partial charge in [-0.3, -0.25) is 13.7 Å². The summed E-state index contributed by atoms with van der Waals surface area (Å²) in [5, 5.41) is 3.06. The Bertz CT molecular complexity index is 2340. The van der Waals surface area contributed by atoms with Crippen LogP contribution in [0.25, 0.3) is 5.57 Å². The molecule has 12 nitrogen and oxygen atoms in total. The van der Waals surface area contributed by atoms with Gasteiger partial charge in [0.15, 0.2) is 0 Å². The minimum atomic E-state index is -4.72. The summed E-state index contributed by atoms with van der Waals surface area (Å²) in [5.41, 5.74) is 10.3. The number of aryl methyl sites for hydroxylation is 1. The van der Waals surface area contributed by atoms with Gasteiger partial charge in [-0.1, -0.05) is 30.4 Å². The third-order valence-corrected chi connectivity index (χ3v) is 9.67. The van der Waals surface area contributed by atoms with Crippen molar-refractivity contribution in [2.24, 2.45) is 4.99 Å². The maximum atomic E-state index is 12.5. The number of benzene rings is 4. The average Bonchev–Trinajstić information content (AvgIpc) is 2.99. The monoisotopic (exact) mass is 739 g/mol. The topological polar surface area (TPSA) is 214 Å². The van der Waals surface area contributed by atoms with E-state index in [2.05, 4.69) is 10.3 Å². The molecule has 0 spiro atoms. The second-order valence-corrected chi connectivity index (χ2v) is 14.6. The molecule has 17 heteroatoms. The van der Waals surface area contributed by atoms with Crippen LogP contribution in [0.3, 0.4) is 0 Å². The van der Waals surface area contributed by atoms with Crippen molar-refractivity contribution in [3.8, 4) is 0 Å². The zero-order valence-electron chi connectivity index (χ0n) is 26.4. The molecule has 0 saturated carbocycles. The van der Waals surface area contributed by atoms with Crippen molar-refractivity contribution in [2.75, 3.05) is 11.1 Å². The van der Waals surface area contributed by atoms with E-state index in [0.717, 1.165) is 0 Å². The number of nitrogens with two attached hydrogens (primary N) is 1. The minimum Gasteiger partial charge on any atom is -0.398 e. The van der Waals surface area contributed by atoms with Gasteiger partial charge < -0.3 is 11.1 Å². The van der Waals surface area contributed by atoms with Gasteiger partial charge >= 0.3 is 0 Å². The summed E-state index contributed by atoms with van der Waals surface area (Å²) in [4.78, 5) is 3.52. The third kappa shape index (κ3) is 10.1. The quantitative estimate of drug-likeness (QED) is 0.0921. The average molecular weight is 740 g/mol. The Balaban J connectivity index is 0.00000325. The van der Waals surface area contributed by atoms with Crippen molar-refractivity contribution in [2.45, 2.75) is 21.6 Å². The smallest absolute Gasteiger partial charge is 0.295 e. The summed E-state index contributed by atoms with van der Waals surface area (Å²) in [7, 11) is -13.5. The van der Waals surface area contributed by atoms with Gasteiger partial charge in [0, 0.05) is 81.7 Å². The number of rotatable bonds is 8. The van der Waals surface area contributed by atoms with Crippen molar-refractivity contribution < 1.29 is 38.9 Å². The van der Waals surface area contributed by atoms with Crippen molar-refractivity contribution in [3.63, 3.8) is 0 Å². The Morgan fingerprint density at radius 1 is 0.673 bits per heavy atom. The Morgan fingerprint density at radius 2 is 1.27 bits per heavy atom. The van der Waals surface area contributed by atoms with Gasteiger partial charge in [-0.15, -0.1) is 0 Å². The Morgan fingerprint density at radius 3 is 1.82 bits per heavy atom. The van der Waals surface area contributed by atoms with E-state index in [4.69, 9.17) is 5.73 Å². The van der Waals surface area contributed by atoms with Crippen molar-refractivity contribution in [1.29, 1.82) is 0 Å². The Hall–Kier alpha value is -2.90. The van der Waals surface area contributed by atoms with Crippen LogP contribution >= 0.6 is 0 Å². The Kier molecular flexibility index (Phi) is 13.2. The molecular weight excluding hydrogens is 713 g/mol. The van der Waals surface area contributed by atoms with Crippen LogP contribution < -0.4 is 11.1 Å². The molecule has 2 radical (unpaired) electrons. The first-order valence-corrected chi connectivity index (χ1v) is 17.9. The molecule has 0 fully saturated rings. The van der Waals surface area contributed by atoms with Gasteiger partial charge in [-0.25, -0.2) is 4.99 Å². The second-order valence-electron chi connectivity index (χ2n) is 10.4. The van der Waals surface area contributed by atoms with Crippen LogP contribution in [-0.4, -0.2) is 104 Å². The first-order valence-electron chi connectivity index (χ1n) is 13.6. The summed E-state index contributed by atoms with van der Waals surface area (Å²) < 4.78 is 99.6. The zero-order valence-corrected chi connectivity index (χ0v) is 32.9. The first-order chi connectivity index (χ1) is 22.0. The van der Waals surface area contributed by atoms with Crippen LogP contribution in [0.15, 0.2) is 134 Å². The van der Waals surface area contributed by atoms with E-state index in [9.17, 15) is 38.9 Å². The van der Waals surface area contributed by atoms with E-state index < -0.39 is 35.2 Å². The van der Waals surface area contributed by atoms with Crippen LogP contribution in [0.5, 0.6) is 0 Å². The third-order valence-electron chi connectivity index (χ3n) is 7.06. The molecule has 0 aliphatic heterocycles. The SMILES string of the molecule is Cc1cc(C(=C2C=CC(=Nc3ccc(S(=O)(=O)O)cc3)C=C2)c2ccc(Nc3cccc(S(=O)(=O)O)c3)cc2)c(S(=O)(=O)O)cc1N.[Na].[Na]. The molecule has 6 N–H and O–H groups in total. The fourth-order valence-electron chi connectivity index (χ4n) is 4.76. The molecule has 244 valence electrons. The zero-order chi connectivity index (χ0) is 34.1. The Labute approximate surface area is 328 Å². The van der Waals surface area contributed by atoms with Crippen LogP contribution in [0.4, 0.5) is 22.7 Å². The number of nitrogens with one attached hydrogen (secondary N) is 1. The van der Waals surface area contributed by atoms with Crippen molar-refractivity contribution in [1.82, 2.24) is 0 Å². The van der Waals surface area contributed by atoms with Gasteiger partial charge in [0.1, 0.15) is 4.90 Å². The van der Waals surface area contributed by atoms with Gasteiger partial charge in [-0.05, 0) is 108 Å². The maximum Gasteiger partial charge on any atom is 0.295 e. The minimum absolute atomic E-state index is 0. The standard InChI is InChI=1S/C32H27N3O9S3.2Na/c1-20-17-29(31(19-30(20)33)47(42,43)44)32(21-5-9-23(10-6-21)34-25-13-15-27(16-14-25)45(36,37)38)22-7-11-24(12-8-22)35-26-3-2-4-28(18-26)46(39,40)41;;/h2-19,35H,33H2,1H3,(H,36,37,38)(H,39,40,41)(H,42,43,44);;. The number of allylic oxidation sites excluding steroid dienone is 5. The number of nitrogen functional groups attached to an aromatic ring is 1. The van der Waals surface area contributed by atoms with E-state index in [1.165, 1.54) is 48.5 Å². The van der Waals surface area contributed by atoms with Crippen molar-refractivity contribution >= 4 is 124 Å². The molecular formula is C32H27N3Na2O9S3. The summed E-state index contributed by atoms with van der Waals surface area (Å²) in [6.45, 7) is 1.70. The molecule has 0 heterocycles. The molecule has 0 unspecified atom stereocenters. The number of anilines is 3. The van der Waals surface area contributed by atoms with Crippen LogP contribution in [0, 0.1) is 6.92 Å². The van der Waals surface area contributed by atoms with Crippen LogP contribution in [-0.2, 0) is 30.4 Å². The fourth-order valence-corrected chi connectivity index (χ4v) is 6.48. The molecule has 4 aromatic rings. The number of nitrogens with zero attached hydrogens (tertiary/aromatic N) is 1. The van der Waals surface area contributed by atoms with Crippen LogP contribution in [0.1, 0.15) is 16.7 Å². The fraction of sp³-hybridized carbons (Fsp3) is 0.0312. The molecule has 0 amide bonds. The molecule has 0 atom stereocenters. The number of hydrogen-bond acceptors (Lipinski definition) is 9. The van der Waals surface area contributed by atoms with Gasteiger partial charge in [0.05, 0.1) is 21.2 Å². The van der Waals surface area contributed by atoms with E-state index >= 15 is 0 Å². The van der Waals surface area contributed by atoms with Gasteiger partial charge in [-0.2, -0.15) is 25.3 Å². The maximum absolute atomic E-state index is 12.5. The largest absolute Gasteiger partial charge is 0.398 e. The molecule has 1 aliphatic rings.